The van der Waals surface area contributed by atoms with Crippen LogP contribution in [-0.4, -0.2) is 114 Å². The third kappa shape index (κ3) is 6.74. The fourth-order valence-corrected chi connectivity index (χ4v) is 10.4. The van der Waals surface area contributed by atoms with Crippen molar-refractivity contribution in [2.75, 3.05) is 16.8 Å². The lowest BCUT2D eigenvalue weighted by Gasteiger charge is -2.37. The van der Waals surface area contributed by atoms with Crippen molar-refractivity contribution in [3.8, 4) is 0 Å². The number of ether oxygens (including phenoxy) is 2. The SMILES string of the molecule is C[C@@H]1[C@@H]([Si](C)(C)O)[C@H](CCn2cc(CCO)nn2)O[C@@]12C(=O)N(Cc1cccc(NC(=O)[C@H]3O[C@@H](O)[C@H](O)[C@@H](O)[C@@H]3O)c1)c1ccc([N+](=O)[O-])cc12. The highest BCUT2D eigenvalue weighted by Crippen LogP contribution is 2.60. The zero-order chi connectivity index (χ0) is 37.7. The van der Waals surface area contributed by atoms with E-state index in [-0.39, 0.29) is 24.5 Å². The Morgan fingerprint density at radius 3 is 2.56 bits per heavy atom. The van der Waals surface area contributed by atoms with Gasteiger partial charge in [0.2, 0.25) is 0 Å². The standard InChI is InChI=1S/C33H42N6O12Si/c1-17-29(52(2,3)49)24(9-11-37-16-20(10-12-40)35-36-37)51-33(17)22-14-21(39(47)48)7-8-23(22)38(32(33)46)15-18-5-4-6-19(13-18)34-30(44)28-26(42)25(41)27(43)31(45)50-28/h4-8,13-14,16-17,24-29,31,40-43,45,49H,9-12,15H2,1-3H3,(H,34,44)/t17-,24+,25+,26+,27-,28+,29-,31-,33+/m1/s1. The molecule has 9 atom stereocenters. The number of nitrogens with zero attached hydrogens (tertiary/aromatic N) is 5. The lowest BCUT2D eigenvalue weighted by molar-refractivity contribution is -0.385. The number of hydrogen-bond donors (Lipinski definition) is 7. The number of hydrogen-bond acceptors (Lipinski definition) is 14. The fourth-order valence-electron chi connectivity index (χ4n) is 7.76. The first-order valence-electron chi connectivity index (χ1n) is 16.8. The molecule has 1 spiro atoms. The van der Waals surface area contributed by atoms with Gasteiger partial charge in [-0.3, -0.25) is 24.4 Å². The number of benzene rings is 2. The van der Waals surface area contributed by atoms with Crippen molar-refractivity contribution >= 4 is 37.2 Å². The number of rotatable bonds is 11. The molecule has 18 nitrogen and oxygen atoms in total. The highest BCUT2D eigenvalue weighted by atomic mass is 28.4. The number of aryl methyl sites for hydroxylation is 1. The minimum atomic E-state index is -3.05. The third-order valence-corrected chi connectivity index (χ3v) is 12.7. The lowest BCUT2D eigenvalue weighted by Crippen LogP contribution is -2.60. The predicted molar refractivity (Wildman–Crippen MR) is 183 cm³/mol. The first-order chi connectivity index (χ1) is 24.6. The van der Waals surface area contributed by atoms with Crippen LogP contribution in [-0.2, 0) is 44.2 Å². The number of amides is 2. The summed E-state index contributed by atoms with van der Waals surface area (Å²) in [6.07, 6.45) is -7.31. The van der Waals surface area contributed by atoms with Crippen molar-refractivity contribution in [1.29, 1.82) is 0 Å². The van der Waals surface area contributed by atoms with Crippen LogP contribution in [0.1, 0.15) is 30.2 Å². The van der Waals surface area contributed by atoms with Gasteiger partial charge in [0.1, 0.15) is 18.3 Å². The first kappa shape index (κ1) is 37.6. The number of anilines is 2. The summed E-state index contributed by atoms with van der Waals surface area (Å²) in [6, 6.07) is 10.6. The van der Waals surface area contributed by atoms with Gasteiger partial charge in [-0.2, -0.15) is 0 Å². The van der Waals surface area contributed by atoms with Crippen LogP contribution in [0.2, 0.25) is 18.6 Å². The van der Waals surface area contributed by atoms with Crippen molar-refractivity contribution in [3.05, 3.63) is 75.6 Å². The van der Waals surface area contributed by atoms with Crippen LogP contribution in [0.5, 0.6) is 0 Å². The van der Waals surface area contributed by atoms with Gasteiger partial charge < -0.3 is 50.0 Å². The minimum absolute atomic E-state index is 0.0424. The molecule has 19 heteroatoms. The second kappa shape index (κ2) is 14.3. The quantitative estimate of drug-likeness (QED) is 0.0769. The van der Waals surface area contributed by atoms with Gasteiger partial charge in [0.15, 0.2) is 26.3 Å². The van der Waals surface area contributed by atoms with E-state index < -0.39 is 78.9 Å². The number of fused-ring (bicyclic) bond motifs is 2. The molecule has 4 heterocycles. The van der Waals surface area contributed by atoms with E-state index in [0.717, 1.165) is 0 Å². The van der Waals surface area contributed by atoms with E-state index in [1.54, 1.807) is 42.2 Å². The molecule has 280 valence electrons. The Morgan fingerprint density at radius 2 is 1.87 bits per heavy atom. The molecule has 2 fully saturated rings. The maximum atomic E-state index is 14.8. The number of non-ortho nitro benzene ring substituents is 1. The Hall–Kier alpha value is -4.18. The molecule has 6 rings (SSSR count). The Labute approximate surface area is 298 Å². The lowest BCUT2D eigenvalue weighted by atomic mass is 9.82. The van der Waals surface area contributed by atoms with Gasteiger partial charge in [0.05, 0.1) is 29.0 Å². The average Bonchev–Trinajstić information content (AvgIpc) is 3.74. The smallest absolute Gasteiger partial charge is 0.269 e. The predicted octanol–water partition coefficient (Wildman–Crippen LogP) is -0.106. The van der Waals surface area contributed by atoms with Crippen molar-refractivity contribution in [2.45, 2.75) is 93.9 Å². The number of nitrogens with one attached hydrogen (secondary N) is 1. The van der Waals surface area contributed by atoms with Gasteiger partial charge in [0, 0.05) is 60.6 Å². The molecule has 7 N–H and O–H groups in total. The fraction of sp³-hybridized carbons (Fsp3) is 0.515. The van der Waals surface area contributed by atoms with Crippen LogP contribution < -0.4 is 10.2 Å². The van der Waals surface area contributed by atoms with E-state index in [0.29, 0.717) is 41.9 Å². The maximum Gasteiger partial charge on any atom is 0.269 e. The number of aromatic nitrogens is 3. The van der Waals surface area contributed by atoms with E-state index in [1.807, 2.05) is 6.92 Å². The molecule has 0 aliphatic carbocycles. The van der Waals surface area contributed by atoms with Crippen LogP contribution in [0.25, 0.3) is 0 Å². The summed E-state index contributed by atoms with van der Waals surface area (Å²) in [5, 5.41) is 71.8. The van der Waals surface area contributed by atoms with Gasteiger partial charge in [-0.15, -0.1) is 5.10 Å². The van der Waals surface area contributed by atoms with Crippen LogP contribution >= 0.6 is 0 Å². The van der Waals surface area contributed by atoms with Gasteiger partial charge in [-0.1, -0.05) is 24.3 Å². The van der Waals surface area contributed by atoms with Crippen molar-refractivity contribution in [3.63, 3.8) is 0 Å². The Bertz CT molecular complexity index is 1840. The third-order valence-electron chi connectivity index (χ3n) is 10.2. The van der Waals surface area contributed by atoms with E-state index in [2.05, 4.69) is 15.6 Å². The monoisotopic (exact) mass is 742 g/mol. The molecule has 2 saturated heterocycles. The zero-order valence-corrected chi connectivity index (χ0v) is 29.6. The second-order valence-electron chi connectivity index (χ2n) is 14.1. The normalized spacial score (nSPS) is 30.2. The van der Waals surface area contributed by atoms with Crippen LogP contribution in [0.15, 0.2) is 48.7 Å². The minimum Gasteiger partial charge on any atom is -0.432 e. The summed E-state index contributed by atoms with van der Waals surface area (Å²) >= 11 is 0. The van der Waals surface area contributed by atoms with Crippen molar-refractivity contribution in [1.82, 2.24) is 15.0 Å². The first-order valence-corrected chi connectivity index (χ1v) is 19.9. The Kier molecular flexibility index (Phi) is 10.4. The summed E-state index contributed by atoms with van der Waals surface area (Å²) in [7, 11) is -3.05. The largest absolute Gasteiger partial charge is 0.432 e. The molecular weight excluding hydrogens is 700 g/mol. The molecule has 2 aromatic carbocycles. The number of carbonyl (C=O) groups is 2. The molecule has 2 amide bonds. The van der Waals surface area contributed by atoms with Crippen LogP contribution in [0.3, 0.4) is 0 Å². The van der Waals surface area contributed by atoms with Gasteiger partial charge in [-0.25, -0.2) is 0 Å². The summed E-state index contributed by atoms with van der Waals surface area (Å²) < 4.78 is 13.4. The highest BCUT2D eigenvalue weighted by Gasteiger charge is 2.66. The Morgan fingerprint density at radius 1 is 1.12 bits per heavy atom. The summed E-state index contributed by atoms with van der Waals surface area (Å²) in [6.45, 7) is 5.57. The molecule has 0 radical (unpaired) electrons. The molecular formula is C33H42N6O12Si. The van der Waals surface area contributed by atoms with E-state index in [4.69, 9.17) is 9.47 Å². The van der Waals surface area contributed by atoms with E-state index in [1.165, 1.54) is 29.2 Å². The summed E-state index contributed by atoms with van der Waals surface area (Å²) in [5.74, 6) is -1.97. The second-order valence-corrected chi connectivity index (χ2v) is 18.0. The Balaban J connectivity index is 1.29. The van der Waals surface area contributed by atoms with Crippen molar-refractivity contribution in [2.24, 2.45) is 5.92 Å². The van der Waals surface area contributed by atoms with E-state index in [9.17, 15) is 50.0 Å². The average molecular weight is 743 g/mol. The number of aliphatic hydroxyl groups excluding tert-OH is 5. The van der Waals surface area contributed by atoms with Gasteiger partial charge in [-0.05, 0) is 43.3 Å². The number of aliphatic hydroxyl groups is 5. The molecule has 52 heavy (non-hydrogen) atoms. The number of carbonyl (C=O) groups excluding carboxylic acids is 2. The van der Waals surface area contributed by atoms with Gasteiger partial charge in [0.25, 0.3) is 17.5 Å². The maximum absolute atomic E-state index is 14.8. The number of nitro groups is 1. The molecule has 0 unspecified atom stereocenters. The summed E-state index contributed by atoms with van der Waals surface area (Å²) in [4.78, 5) is 52.2. The zero-order valence-electron chi connectivity index (χ0n) is 28.6. The molecule has 1 aromatic heterocycles. The molecule has 0 bridgehead atoms. The molecule has 3 aliphatic heterocycles. The number of nitro benzene ring substituents is 1. The topological polar surface area (TPSA) is 263 Å². The highest BCUT2D eigenvalue weighted by molar-refractivity contribution is 6.71. The molecule has 3 aromatic rings. The van der Waals surface area contributed by atoms with Crippen molar-refractivity contribution < 1.29 is 54.3 Å². The summed E-state index contributed by atoms with van der Waals surface area (Å²) in [5.41, 5.74) is -0.290. The molecule has 3 aliphatic rings. The molecule has 0 saturated carbocycles. The van der Waals surface area contributed by atoms with Gasteiger partial charge >= 0.3 is 0 Å². The van der Waals surface area contributed by atoms with Crippen LogP contribution in [0, 0.1) is 16.0 Å². The van der Waals surface area contributed by atoms with E-state index >= 15 is 0 Å². The van der Waals surface area contributed by atoms with Crippen LogP contribution in [0.4, 0.5) is 17.1 Å².